The molecule has 4 heteroatoms. The van der Waals surface area contributed by atoms with Gasteiger partial charge in [-0.15, -0.1) is 12.4 Å². The van der Waals surface area contributed by atoms with Gasteiger partial charge in [0, 0.05) is 0 Å². The van der Waals surface area contributed by atoms with E-state index in [0.29, 0.717) is 0 Å². The highest BCUT2D eigenvalue weighted by atomic mass is 35.5. The monoisotopic (exact) mass is 209 g/mol. The molecule has 0 aromatic heterocycles. The fourth-order valence-electron chi connectivity index (χ4n) is 1.03. The number of unbranched alkanes of at least 4 members (excludes halogenated alkanes) is 1. The average Bonchev–Trinajstić information content (AvgIpc) is 2.10. The van der Waals surface area contributed by atoms with Crippen LogP contribution in [0.25, 0.3) is 0 Å². The van der Waals surface area contributed by atoms with Crippen molar-refractivity contribution in [3.05, 3.63) is 0 Å². The molecule has 0 rings (SSSR count). The zero-order valence-electron chi connectivity index (χ0n) is 8.64. The number of nitrogens with two attached hydrogens (primary N) is 1. The lowest BCUT2D eigenvalue weighted by atomic mass is 10.3. The largest absolute Gasteiger partial charge is 0.330 e. The van der Waals surface area contributed by atoms with Gasteiger partial charge in [0.05, 0.1) is 0 Å². The van der Waals surface area contributed by atoms with Crippen LogP contribution in [-0.2, 0) is 0 Å². The fourth-order valence-corrected chi connectivity index (χ4v) is 1.03. The van der Waals surface area contributed by atoms with Crippen LogP contribution in [0.1, 0.15) is 26.2 Å². The van der Waals surface area contributed by atoms with Crippen molar-refractivity contribution < 1.29 is 0 Å². The number of nitrogens with one attached hydrogen (secondary N) is 2. The topological polar surface area (TPSA) is 50.1 Å². The molecule has 0 amide bonds. The molecule has 0 unspecified atom stereocenters. The van der Waals surface area contributed by atoms with E-state index in [2.05, 4.69) is 17.6 Å². The van der Waals surface area contributed by atoms with Gasteiger partial charge in [0.25, 0.3) is 0 Å². The first-order valence-corrected chi connectivity index (χ1v) is 5.03. The Labute approximate surface area is 88.3 Å². The predicted octanol–water partition coefficient (Wildman–Crippen LogP) is 0.736. The Bertz CT molecular complexity index is 71.3. The van der Waals surface area contributed by atoms with Gasteiger partial charge in [0.1, 0.15) is 0 Å². The van der Waals surface area contributed by atoms with E-state index in [1.54, 1.807) is 0 Å². The number of halogens is 1. The average molecular weight is 210 g/mol. The molecule has 4 N–H and O–H groups in total. The summed E-state index contributed by atoms with van der Waals surface area (Å²) in [6.07, 6.45) is 3.56. The number of rotatable bonds is 9. The SMILES string of the molecule is CCNCCCNCCCCN.Cl. The quantitative estimate of drug-likeness (QED) is 0.491. The second-order valence-corrected chi connectivity index (χ2v) is 2.95. The summed E-state index contributed by atoms with van der Waals surface area (Å²) in [7, 11) is 0. The minimum atomic E-state index is 0. The smallest absolute Gasteiger partial charge is 0.00368 e. The van der Waals surface area contributed by atoms with E-state index in [0.717, 1.165) is 39.1 Å². The van der Waals surface area contributed by atoms with Crippen LogP contribution in [0.3, 0.4) is 0 Å². The highest BCUT2D eigenvalue weighted by Crippen LogP contribution is 1.82. The van der Waals surface area contributed by atoms with Gasteiger partial charge >= 0.3 is 0 Å². The predicted molar refractivity (Wildman–Crippen MR) is 61.6 cm³/mol. The first-order chi connectivity index (χ1) is 5.91. The van der Waals surface area contributed by atoms with Crippen molar-refractivity contribution in [2.75, 3.05) is 32.7 Å². The van der Waals surface area contributed by atoms with Crippen molar-refractivity contribution in [3.63, 3.8) is 0 Å². The molecule has 0 aliphatic heterocycles. The van der Waals surface area contributed by atoms with Gasteiger partial charge in [-0.1, -0.05) is 6.92 Å². The Kier molecular flexibility index (Phi) is 17.7. The van der Waals surface area contributed by atoms with Gasteiger partial charge in [-0.25, -0.2) is 0 Å². The molecule has 0 fully saturated rings. The summed E-state index contributed by atoms with van der Waals surface area (Å²) >= 11 is 0. The minimum Gasteiger partial charge on any atom is -0.330 e. The van der Waals surface area contributed by atoms with E-state index in [9.17, 15) is 0 Å². The molecule has 0 atom stereocenters. The standard InChI is InChI=1S/C9H23N3.ClH/c1-2-11-8-5-9-12-7-4-3-6-10;/h11-12H,2-10H2,1H3;1H. The Morgan fingerprint density at radius 3 is 2.15 bits per heavy atom. The van der Waals surface area contributed by atoms with Gasteiger partial charge in [-0.2, -0.15) is 0 Å². The molecule has 0 saturated carbocycles. The molecule has 13 heavy (non-hydrogen) atoms. The van der Waals surface area contributed by atoms with Crippen LogP contribution >= 0.6 is 12.4 Å². The van der Waals surface area contributed by atoms with Crippen LogP contribution in [0, 0.1) is 0 Å². The normalized spacial score (nSPS) is 9.69. The summed E-state index contributed by atoms with van der Waals surface area (Å²) in [4.78, 5) is 0. The summed E-state index contributed by atoms with van der Waals surface area (Å²) in [5.74, 6) is 0. The second kappa shape index (κ2) is 14.7. The molecule has 0 aliphatic carbocycles. The lowest BCUT2D eigenvalue weighted by molar-refractivity contribution is 0.583. The maximum atomic E-state index is 5.37. The fraction of sp³-hybridized carbons (Fsp3) is 1.00. The third kappa shape index (κ3) is 15.0. The Morgan fingerprint density at radius 2 is 1.54 bits per heavy atom. The summed E-state index contributed by atoms with van der Waals surface area (Å²) < 4.78 is 0. The van der Waals surface area contributed by atoms with Gasteiger partial charge in [-0.05, 0) is 52.0 Å². The van der Waals surface area contributed by atoms with Gasteiger partial charge < -0.3 is 16.4 Å². The third-order valence-corrected chi connectivity index (χ3v) is 1.76. The van der Waals surface area contributed by atoms with Gasteiger partial charge in [0.2, 0.25) is 0 Å². The molecule has 0 aromatic carbocycles. The zero-order chi connectivity index (χ0) is 9.07. The van der Waals surface area contributed by atoms with E-state index >= 15 is 0 Å². The maximum absolute atomic E-state index is 5.37. The van der Waals surface area contributed by atoms with Crippen molar-refractivity contribution in [2.24, 2.45) is 5.73 Å². The van der Waals surface area contributed by atoms with E-state index < -0.39 is 0 Å². The van der Waals surface area contributed by atoms with Crippen LogP contribution in [0.5, 0.6) is 0 Å². The first kappa shape index (κ1) is 15.6. The van der Waals surface area contributed by atoms with E-state index in [4.69, 9.17) is 5.73 Å². The molecule has 82 valence electrons. The van der Waals surface area contributed by atoms with Crippen LogP contribution in [-0.4, -0.2) is 32.7 Å². The van der Waals surface area contributed by atoms with Crippen molar-refractivity contribution in [3.8, 4) is 0 Å². The molecular formula is C9H24ClN3. The van der Waals surface area contributed by atoms with Crippen molar-refractivity contribution in [1.29, 1.82) is 0 Å². The summed E-state index contributed by atoms with van der Waals surface area (Å²) in [5.41, 5.74) is 5.37. The van der Waals surface area contributed by atoms with Crippen LogP contribution in [0.4, 0.5) is 0 Å². The molecule has 0 heterocycles. The molecular weight excluding hydrogens is 186 g/mol. The third-order valence-electron chi connectivity index (χ3n) is 1.76. The molecule has 0 bridgehead atoms. The van der Waals surface area contributed by atoms with Gasteiger partial charge in [0.15, 0.2) is 0 Å². The lowest BCUT2D eigenvalue weighted by Crippen LogP contribution is -2.22. The van der Waals surface area contributed by atoms with E-state index in [1.807, 2.05) is 0 Å². The van der Waals surface area contributed by atoms with E-state index in [-0.39, 0.29) is 12.4 Å². The van der Waals surface area contributed by atoms with Crippen molar-refractivity contribution >= 4 is 12.4 Å². The number of hydrogen-bond acceptors (Lipinski definition) is 3. The Balaban J connectivity index is 0. The zero-order valence-corrected chi connectivity index (χ0v) is 9.46. The molecule has 0 saturated heterocycles. The van der Waals surface area contributed by atoms with Crippen LogP contribution in [0.2, 0.25) is 0 Å². The minimum absolute atomic E-state index is 0. The van der Waals surface area contributed by atoms with Crippen LogP contribution < -0.4 is 16.4 Å². The van der Waals surface area contributed by atoms with Crippen molar-refractivity contribution in [1.82, 2.24) is 10.6 Å². The highest BCUT2D eigenvalue weighted by molar-refractivity contribution is 5.85. The molecule has 0 aromatic rings. The van der Waals surface area contributed by atoms with Gasteiger partial charge in [-0.3, -0.25) is 0 Å². The van der Waals surface area contributed by atoms with E-state index in [1.165, 1.54) is 12.8 Å². The van der Waals surface area contributed by atoms with Crippen LogP contribution in [0.15, 0.2) is 0 Å². The second-order valence-electron chi connectivity index (χ2n) is 2.95. The molecule has 0 spiro atoms. The summed E-state index contributed by atoms with van der Waals surface area (Å²) in [5, 5.41) is 6.67. The molecule has 0 aliphatic rings. The first-order valence-electron chi connectivity index (χ1n) is 5.03. The summed E-state index contributed by atoms with van der Waals surface area (Å²) in [6, 6.07) is 0. The Morgan fingerprint density at radius 1 is 0.923 bits per heavy atom. The molecule has 3 nitrogen and oxygen atoms in total. The summed E-state index contributed by atoms with van der Waals surface area (Å²) in [6.45, 7) is 7.39. The number of hydrogen-bond donors (Lipinski definition) is 3. The lowest BCUT2D eigenvalue weighted by Gasteiger charge is -2.03. The maximum Gasteiger partial charge on any atom is -0.00368 e. The highest BCUT2D eigenvalue weighted by Gasteiger charge is 1.87. The Hall–Kier alpha value is 0.170. The molecule has 0 radical (unpaired) electrons. The van der Waals surface area contributed by atoms with Crippen molar-refractivity contribution in [2.45, 2.75) is 26.2 Å².